The van der Waals surface area contributed by atoms with Crippen LogP contribution >= 0.6 is 0 Å². The first kappa shape index (κ1) is 16.4. The minimum absolute atomic E-state index is 0.0928. The third kappa shape index (κ3) is 3.27. The molecular formula is C17H16N4O4. The SMILES string of the molecule is COC(=O)c1c(NC(=O)c2cc(-c3ccc(C)cc3)on2)cnn1C. The van der Waals surface area contributed by atoms with E-state index in [0.29, 0.717) is 5.76 Å². The summed E-state index contributed by atoms with van der Waals surface area (Å²) in [7, 11) is 2.83. The van der Waals surface area contributed by atoms with Gasteiger partial charge in [-0.1, -0.05) is 35.0 Å². The lowest BCUT2D eigenvalue weighted by molar-refractivity contribution is 0.0589. The van der Waals surface area contributed by atoms with E-state index in [0.717, 1.165) is 11.1 Å². The van der Waals surface area contributed by atoms with Crippen LogP contribution in [-0.4, -0.2) is 33.9 Å². The molecule has 1 aromatic carbocycles. The van der Waals surface area contributed by atoms with E-state index >= 15 is 0 Å². The minimum Gasteiger partial charge on any atom is -0.464 e. The van der Waals surface area contributed by atoms with Gasteiger partial charge in [-0.2, -0.15) is 5.10 Å². The molecule has 0 fully saturated rings. The summed E-state index contributed by atoms with van der Waals surface area (Å²) in [5.41, 5.74) is 2.40. The zero-order valence-electron chi connectivity index (χ0n) is 13.9. The van der Waals surface area contributed by atoms with Crippen LogP contribution in [0.15, 0.2) is 41.1 Å². The van der Waals surface area contributed by atoms with E-state index in [1.807, 2.05) is 31.2 Å². The van der Waals surface area contributed by atoms with Crippen molar-refractivity contribution in [3.05, 3.63) is 53.5 Å². The summed E-state index contributed by atoms with van der Waals surface area (Å²) in [6.07, 6.45) is 1.37. The van der Waals surface area contributed by atoms with Crippen molar-refractivity contribution >= 4 is 17.6 Å². The zero-order valence-corrected chi connectivity index (χ0v) is 13.9. The summed E-state index contributed by atoms with van der Waals surface area (Å²) in [5, 5.41) is 10.3. The summed E-state index contributed by atoms with van der Waals surface area (Å²) in [5.74, 6) is -0.638. The Bertz CT molecular complexity index is 925. The molecule has 0 saturated heterocycles. The van der Waals surface area contributed by atoms with Gasteiger partial charge in [0.1, 0.15) is 0 Å². The maximum Gasteiger partial charge on any atom is 0.358 e. The van der Waals surface area contributed by atoms with Crippen LogP contribution in [0.3, 0.4) is 0 Å². The van der Waals surface area contributed by atoms with Crippen LogP contribution in [0.4, 0.5) is 5.69 Å². The van der Waals surface area contributed by atoms with Gasteiger partial charge in [0, 0.05) is 18.7 Å². The lowest BCUT2D eigenvalue weighted by Gasteiger charge is -2.04. The number of anilines is 1. The number of carbonyl (C=O) groups is 2. The fourth-order valence-corrected chi connectivity index (χ4v) is 2.29. The molecule has 0 radical (unpaired) electrons. The molecule has 1 N–H and O–H groups in total. The normalized spacial score (nSPS) is 10.5. The fourth-order valence-electron chi connectivity index (χ4n) is 2.29. The molecule has 0 aliphatic carbocycles. The van der Waals surface area contributed by atoms with Crippen molar-refractivity contribution < 1.29 is 18.8 Å². The number of esters is 1. The molecule has 3 aromatic rings. The van der Waals surface area contributed by atoms with Gasteiger partial charge in [-0.05, 0) is 6.92 Å². The number of benzene rings is 1. The molecule has 2 heterocycles. The average Bonchev–Trinajstić information content (AvgIpc) is 3.22. The molecule has 0 bridgehead atoms. The second kappa shape index (κ2) is 6.60. The van der Waals surface area contributed by atoms with Crippen LogP contribution in [-0.2, 0) is 11.8 Å². The van der Waals surface area contributed by atoms with E-state index in [-0.39, 0.29) is 17.1 Å². The van der Waals surface area contributed by atoms with Crippen LogP contribution in [0, 0.1) is 6.92 Å². The molecule has 0 spiro atoms. The average molecular weight is 340 g/mol. The first-order chi connectivity index (χ1) is 12.0. The Hall–Kier alpha value is -3.42. The lowest BCUT2D eigenvalue weighted by atomic mass is 10.1. The van der Waals surface area contributed by atoms with Gasteiger partial charge in [-0.15, -0.1) is 0 Å². The largest absolute Gasteiger partial charge is 0.464 e. The molecule has 3 rings (SSSR count). The summed E-state index contributed by atoms with van der Waals surface area (Å²) in [6.45, 7) is 1.98. The third-order valence-electron chi connectivity index (χ3n) is 3.64. The molecule has 0 aliphatic heterocycles. The van der Waals surface area contributed by atoms with Gasteiger partial charge in [0.05, 0.1) is 19.0 Å². The van der Waals surface area contributed by atoms with E-state index in [2.05, 4.69) is 20.3 Å². The molecule has 128 valence electrons. The number of hydrogen-bond acceptors (Lipinski definition) is 6. The second-order valence-electron chi connectivity index (χ2n) is 5.42. The van der Waals surface area contributed by atoms with Gasteiger partial charge in [0.2, 0.25) is 0 Å². The molecule has 2 aromatic heterocycles. The number of carbonyl (C=O) groups excluding carboxylic acids is 2. The predicted octanol–water partition coefficient (Wildman–Crippen LogP) is 2.42. The van der Waals surface area contributed by atoms with Gasteiger partial charge < -0.3 is 14.6 Å². The number of aryl methyl sites for hydroxylation is 2. The number of ether oxygens (including phenoxy) is 1. The highest BCUT2D eigenvalue weighted by molar-refractivity contribution is 6.06. The van der Waals surface area contributed by atoms with E-state index in [1.54, 1.807) is 7.05 Å². The number of methoxy groups -OCH3 is 1. The minimum atomic E-state index is -0.601. The monoisotopic (exact) mass is 340 g/mol. The molecule has 0 atom stereocenters. The Labute approximate surface area is 143 Å². The quantitative estimate of drug-likeness (QED) is 0.732. The van der Waals surface area contributed by atoms with Crippen molar-refractivity contribution in [2.24, 2.45) is 7.05 Å². The fraction of sp³-hybridized carbons (Fsp3) is 0.176. The molecule has 0 unspecified atom stereocenters. The first-order valence-electron chi connectivity index (χ1n) is 7.45. The number of rotatable bonds is 4. The summed E-state index contributed by atoms with van der Waals surface area (Å²) < 4.78 is 11.2. The molecule has 1 amide bonds. The smallest absolute Gasteiger partial charge is 0.358 e. The van der Waals surface area contributed by atoms with Gasteiger partial charge in [0.15, 0.2) is 17.1 Å². The van der Waals surface area contributed by atoms with Gasteiger partial charge in [0.25, 0.3) is 5.91 Å². The number of hydrogen-bond donors (Lipinski definition) is 1. The van der Waals surface area contributed by atoms with Crippen molar-refractivity contribution in [1.82, 2.24) is 14.9 Å². The van der Waals surface area contributed by atoms with Crippen molar-refractivity contribution in [1.29, 1.82) is 0 Å². The Balaban J connectivity index is 1.81. The van der Waals surface area contributed by atoms with Crippen LogP contribution < -0.4 is 5.32 Å². The molecule has 0 aliphatic rings. The van der Waals surface area contributed by atoms with Crippen molar-refractivity contribution in [3.63, 3.8) is 0 Å². The number of nitrogens with zero attached hydrogens (tertiary/aromatic N) is 3. The first-order valence-corrected chi connectivity index (χ1v) is 7.45. The van der Waals surface area contributed by atoms with Crippen molar-refractivity contribution in [3.8, 4) is 11.3 Å². The molecule has 8 nitrogen and oxygen atoms in total. The van der Waals surface area contributed by atoms with Crippen LogP contribution in [0.2, 0.25) is 0 Å². The zero-order chi connectivity index (χ0) is 18.0. The van der Waals surface area contributed by atoms with Crippen LogP contribution in [0.5, 0.6) is 0 Å². The topological polar surface area (TPSA) is 99.2 Å². The van der Waals surface area contributed by atoms with Crippen LogP contribution in [0.1, 0.15) is 26.5 Å². The summed E-state index contributed by atoms with van der Waals surface area (Å²) in [6, 6.07) is 9.18. The molecule has 0 saturated carbocycles. The Morgan fingerprint density at radius 3 is 2.64 bits per heavy atom. The molecular weight excluding hydrogens is 324 g/mol. The second-order valence-corrected chi connectivity index (χ2v) is 5.42. The van der Waals surface area contributed by atoms with E-state index in [9.17, 15) is 9.59 Å². The Morgan fingerprint density at radius 1 is 1.24 bits per heavy atom. The maximum absolute atomic E-state index is 12.4. The number of nitrogens with one attached hydrogen (secondary N) is 1. The van der Waals surface area contributed by atoms with E-state index < -0.39 is 11.9 Å². The molecule has 25 heavy (non-hydrogen) atoms. The predicted molar refractivity (Wildman–Crippen MR) is 89.2 cm³/mol. The van der Waals surface area contributed by atoms with Gasteiger partial charge in [-0.3, -0.25) is 9.48 Å². The van der Waals surface area contributed by atoms with Gasteiger partial charge in [-0.25, -0.2) is 4.79 Å². The lowest BCUT2D eigenvalue weighted by Crippen LogP contribution is -2.16. The summed E-state index contributed by atoms with van der Waals surface area (Å²) >= 11 is 0. The number of amides is 1. The Kier molecular flexibility index (Phi) is 4.34. The maximum atomic E-state index is 12.4. The highest BCUT2D eigenvalue weighted by Crippen LogP contribution is 2.22. The highest BCUT2D eigenvalue weighted by atomic mass is 16.5. The third-order valence-corrected chi connectivity index (χ3v) is 3.64. The number of aromatic nitrogens is 3. The van der Waals surface area contributed by atoms with E-state index in [1.165, 1.54) is 24.1 Å². The standard InChI is InChI=1S/C17H16N4O4/c1-10-4-6-11(7-5-10)14-8-12(20-25-14)16(22)19-13-9-18-21(2)15(13)17(23)24-3/h4-9H,1-3H3,(H,19,22). The van der Waals surface area contributed by atoms with Crippen molar-refractivity contribution in [2.45, 2.75) is 6.92 Å². The van der Waals surface area contributed by atoms with Crippen LogP contribution in [0.25, 0.3) is 11.3 Å². The van der Waals surface area contributed by atoms with Gasteiger partial charge >= 0.3 is 5.97 Å². The van der Waals surface area contributed by atoms with E-state index in [4.69, 9.17) is 4.52 Å². The molecule has 8 heteroatoms. The van der Waals surface area contributed by atoms with Crippen molar-refractivity contribution in [2.75, 3.05) is 12.4 Å². The Morgan fingerprint density at radius 2 is 1.96 bits per heavy atom. The summed E-state index contributed by atoms with van der Waals surface area (Å²) in [4.78, 5) is 24.1. The highest BCUT2D eigenvalue weighted by Gasteiger charge is 2.21.